The van der Waals surface area contributed by atoms with E-state index >= 15 is 0 Å². The van der Waals surface area contributed by atoms with Gasteiger partial charge in [-0.25, -0.2) is 9.07 Å². The van der Waals surface area contributed by atoms with Crippen molar-refractivity contribution in [1.29, 1.82) is 0 Å². The number of carbonyl (C=O) groups excluding carboxylic acids is 1. The van der Waals surface area contributed by atoms with Gasteiger partial charge in [-0.15, -0.1) is 0 Å². The summed E-state index contributed by atoms with van der Waals surface area (Å²) >= 11 is 5.97. The van der Waals surface area contributed by atoms with E-state index in [9.17, 15) is 22.4 Å². The van der Waals surface area contributed by atoms with E-state index in [1.807, 2.05) is 0 Å². The summed E-state index contributed by atoms with van der Waals surface area (Å²) < 4.78 is 61.0. The standard InChI is InChI=1S/C20H16ClF4N3O2/c1-27(11-12-9-13(21)7-8-17(12)30-2)19(29)14-10-26-28(18(14)20(23,24)25)16-6-4-3-5-15(16)22/h3-10H,11H2,1-2H3. The molecular weight excluding hydrogens is 426 g/mol. The average molecular weight is 442 g/mol. The number of benzene rings is 2. The topological polar surface area (TPSA) is 47.4 Å². The molecule has 0 saturated heterocycles. The Morgan fingerprint density at radius 2 is 1.93 bits per heavy atom. The van der Waals surface area contributed by atoms with Crippen LogP contribution in [-0.2, 0) is 12.7 Å². The lowest BCUT2D eigenvalue weighted by atomic mass is 10.1. The highest BCUT2D eigenvalue weighted by Gasteiger charge is 2.41. The van der Waals surface area contributed by atoms with Crippen LogP contribution in [0, 0.1) is 5.82 Å². The molecule has 30 heavy (non-hydrogen) atoms. The molecule has 1 aromatic heterocycles. The molecule has 158 valence electrons. The van der Waals surface area contributed by atoms with Crippen molar-refractivity contribution in [2.45, 2.75) is 12.7 Å². The Morgan fingerprint density at radius 3 is 2.57 bits per heavy atom. The first-order valence-corrected chi connectivity index (χ1v) is 8.99. The van der Waals surface area contributed by atoms with Crippen LogP contribution in [0.3, 0.4) is 0 Å². The predicted octanol–water partition coefficient (Wildman–Crippen LogP) is 4.96. The number of hydrogen-bond donors (Lipinski definition) is 0. The fraction of sp³-hybridized carbons (Fsp3) is 0.200. The summed E-state index contributed by atoms with van der Waals surface area (Å²) in [4.78, 5) is 13.9. The van der Waals surface area contributed by atoms with Gasteiger partial charge in [-0.1, -0.05) is 23.7 Å². The third-order valence-electron chi connectivity index (χ3n) is 4.35. The third kappa shape index (κ3) is 4.25. The van der Waals surface area contributed by atoms with Gasteiger partial charge in [-0.3, -0.25) is 4.79 Å². The highest BCUT2D eigenvalue weighted by Crippen LogP contribution is 2.35. The number of aromatic nitrogens is 2. The molecule has 0 atom stereocenters. The number of nitrogens with zero attached hydrogens (tertiary/aromatic N) is 3. The largest absolute Gasteiger partial charge is 0.496 e. The first-order valence-electron chi connectivity index (χ1n) is 8.61. The van der Waals surface area contributed by atoms with Gasteiger partial charge in [0.25, 0.3) is 5.91 Å². The zero-order chi connectivity index (χ0) is 22.1. The zero-order valence-electron chi connectivity index (χ0n) is 15.9. The number of para-hydroxylation sites is 1. The normalized spacial score (nSPS) is 11.4. The maximum atomic E-state index is 14.1. The Bertz CT molecular complexity index is 1080. The summed E-state index contributed by atoms with van der Waals surface area (Å²) in [7, 11) is 2.76. The Kier molecular flexibility index (Phi) is 6.02. The summed E-state index contributed by atoms with van der Waals surface area (Å²) in [5.41, 5.74) is -1.96. The molecule has 10 heteroatoms. The lowest BCUT2D eigenvalue weighted by Crippen LogP contribution is -2.29. The van der Waals surface area contributed by atoms with Gasteiger partial charge in [0.05, 0.1) is 18.9 Å². The van der Waals surface area contributed by atoms with Gasteiger partial charge in [0.1, 0.15) is 17.3 Å². The van der Waals surface area contributed by atoms with Crippen molar-refractivity contribution in [2.24, 2.45) is 0 Å². The van der Waals surface area contributed by atoms with Crippen LogP contribution in [-0.4, -0.2) is 34.7 Å². The van der Waals surface area contributed by atoms with Crippen molar-refractivity contribution >= 4 is 17.5 Å². The van der Waals surface area contributed by atoms with Crippen molar-refractivity contribution in [1.82, 2.24) is 14.7 Å². The van der Waals surface area contributed by atoms with Gasteiger partial charge in [-0.2, -0.15) is 18.3 Å². The fourth-order valence-electron chi connectivity index (χ4n) is 2.99. The number of hydrogen-bond acceptors (Lipinski definition) is 3. The van der Waals surface area contributed by atoms with Gasteiger partial charge in [-0.05, 0) is 30.3 Å². The second-order valence-electron chi connectivity index (χ2n) is 6.39. The van der Waals surface area contributed by atoms with E-state index in [1.54, 1.807) is 18.2 Å². The van der Waals surface area contributed by atoms with Crippen molar-refractivity contribution in [3.8, 4) is 11.4 Å². The van der Waals surface area contributed by atoms with E-state index in [-0.39, 0.29) is 6.54 Å². The SMILES string of the molecule is COc1ccc(Cl)cc1CN(C)C(=O)c1cnn(-c2ccccc2F)c1C(F)(F)F. The number of carbonyl (C=O) groups is 1. The molecule has 0 N–H and O–H groups in total. The van der Waals surface area contributed by atoms with Crippen LogP contribution >= 0.6 is 11.6 Å². The monoisotopic (exact) mass is 441 g/mol. The number of methoxy groups -OCH3 is 1. The molecule has 3 rings (SSSR count). The molecule has 0 saturated carbocycles. The minimum atomic E-state index is -4.95. The van der Waals surface area contributed by atoms with Crippen LogP contribution in [0.2, 0.25) is 5.02 Å². The van der Waals surface area contributed by atoms with Crippen LogP contribution in [0.1, 0.15) is 21.6 Å². The second kappa shape index (κ2) is 8.35. The molecule has 0 aliphatic rings. The first kappa shape index (κ1) is 21.6. The Hall–Kier alpha value is -3.07. The van der Waals surface area contributed by atoms with E-state index in [4.69, 9.17) is 16.3 Å². The van der Waals surface area contributed by atoms with Crippen LogP contribution in [0.4, 0.5) is 17.6 Å². The highest BCUT2D eigenvalue weighted by atomic mass is 35.5. The number of ether oxygens (including phenoxy) is 1. The van der Waals surface area contributed by atoms with E-state index in [2.05, 4.69) is 5.10 Å². The quantitative estimate of drug-likeness (QED) is 0.525. The second-order valence-corrected chi connectivity index (χ2v) is 6.82. The Balaban J connectivity index is 2.00. The molecular formula is C20H16ClF4N3O2. The van der Waals surface area contributed by atoms with Crippen molar-refractivity contribution < 1.29 is 27.1 Å². The molecule has 0 bridgehead atoms. The zero-order valence-corrected chi connectivity index (χ0v) is 16.6. The molecule has 0 radical (unpaired) electrons. The molecule has 0 spiro atoms. The van der Waals surface area contributed by atoms with Crippen LogP contribution in [0.5, 0.6) is 5.75 Å². The molecule has 0 fully saturated rings. The van der Waals surface area contributed by atoms with Crippen molar-refractivity contribution in [2.75, 3.05) is 14.2 Å². The maximum absolute atomic E-state index is 14.1. The Labute approximate surface area is 174 Å². The molecule has 2 aromatic carbocycles. The predicted molar refractivity (Wildman–Crippen MR) is 102 cm³/mol. The number of rotatable bonds is 5. The summed E-state index contributed by atoms with van der Waals surface area (Å²) in [5.74, 6) is -1.41. The maximum Gasteiger partial charge on any atom is 0.434 e. The van der Waals surface area contributed by atoms with Gasteiger partial charge in [0.2, 0.25) is 0 Å². The molecule has 0 unspecified atom stereocenters. The third-order valence-corrected chi connectivity index (χ3v) is 4.58. The average Bonchev–Trinajstić information content (AvgIpc) is 3.13. The molecule has 5 nitrogen and oxygen atoms in total. The molecule has 0 aliphatic carbocycles. The molecule has 3 aromatic rings. The lowest BCUT2D eigenvalue weighted by molar-refractivity contribution is -0.143. The van der Waals surface area contributed by atoms with E-state index in [0.717, 1.165) is 23.2 Å². The highest BCUT2D eigenvalue weighted by molar-refractivity contribution is 6.30. The van der Waals surface area contributed by atoms with Gasteiger partial charge >= 0.3 is 6.18 Å². The van der Waals surface area contributed by atoms with Crippen LogP contribution in [0.15, 0.2) is 48.7 Å². The Morgan fingerprint density at radius 1 is 1.23 bits per heavy atom. The number of halogens is 5. The fourth-order valence-corrected chi connectivity index (χ4v) is 3.18. The van der Waals surface area contributed by atoms with Crippen LogP contribution in [0.25, 0.3) is 5.69 Å². The van der Waals surface area contributed by atoms with E-state index in [0.29, 0.717) is 21.0 Å². The first-order chi connectivity index (χ1) is 14.1. The van der Waals surface area contributed by atoms with Crippen LogP contribution < -0.4 is 4.74 Å². The van der Waals surface area contributed by atoms with Gasteiger partial charge < -0.3 is 9.64 Å². The molecule has 0 aliphatic heterocycles. The lowest BCUT2D eigenvalue weighted by Gasteiger charge is -2.20. The molecule has 1 amide bonds. The summed E-state index contributed by atoms with van der Waals surface area (Å²) in [6.07, 6.45) is -4.17. The smallest absolute Gasteiger partial charge is 0.434 e. The van der Waals surface area contributed by atoms with Crippen molar-refractivity contribution in [3.63, 3.8) is 0 Å². The van der Waals surface area contributed by atoms with E-state index < -0.39 is 34.8 Å². The molecule has 1 heterocycles. The van der Waals surface area contributed by atoms with E-state index in [1.165, 1.54) is 26.3 Å². The summed E-state index contributed by atoms with van der Waals surface area (Å²) in [6.45, 7) is -0.0647. The van der Waals surface area contributed by atoms with Gasteiger partial charge in [0.15, 0.2) is 5.69 Å². The number of amides is 1. The van der Waals surface area contributed by atoms with Gasteiger partial charge in [0, 0.05) is 24.2 Å². The van der Waals surface area contributed by atoms with Crippen molar-refractivity contribution in [3.05, 3.63) is 76.3 Å². The minimum Gasteiger partial charge on any atom is -0.496 e. The minimum absolute atomic E-state index is 0.0647. The summed E-state index contributed by atoms with van der Waals surface area (Å²) in [6, 6.07) is 9.60. The summed E-state index contributed by atoms with van der Waals surface area (Å²) in [5, 5.41) is 4.02. The number of alkyl halides is 3.